The van der Waals surface area contributed by atoms with Crippen molar-refractivity contribution in [3.8, 4) is 0 Å². The highest BCUT2D eigenvalue weighted by molar-refractivity contribution is 9.10. The zero-order valence-electron chi connectivity index (χ0n) is 17.1. The Bertz CT molecular complexity index is 1050. The third kappa shape index (κ3) is 4.32. The number of piperazine rings is 1. The summed E-state index contributed by atoms with van der Waals surface area (Å²) in [6.07, 6.45) is 1.80. The first-order valence-electron chi connectivity index (χ1n) is 9.90. The van der Waals surface area contributed by atoms with E-state index in [9.17, 15) is 9.18 Å². The van der Waals surface area contributed by atoms with Crippen LogP contribution in [-0.4, -0.2) is 61.4 Å². The van der Waals surface area contributed by atoms with Crippen molar-refractivity contribution in [1.82, 2.24) is 29.4 Å². The van der Waals surface area contributed by atoms with Gasteiger partial charge < -0.3 is 4.90 Å². The lowest BCUT2D eigenvalue weighted by Gasteiger charge is -2.34. The molecule has 0 bridgehead atoms. The van der Waals surface area contributed by atoms with Crippen LogP contribution in [0.4, 0.5) is 4.39 Å². The number of hydrogen-bond donors (Lipinski definition) is 0. The van der Waals surface area contributed by atoms with E-state index >= 15 is 0 Å². The number of halogens is 2. The number of aromatic nitrogens is 4. The Morgan fingerprint density at radius 2 is 1.83 bits per heavy atom. The zero-order valence-corrected chi connectivity index (χ0v) is 18.6. The topological polar surface area (TPSA) is 59.2 Å². The lowest BCUT2D eigenvalue weighted by molar-refractivity contribution is 0.0620. The monoisotopic (exact) mass is 474 g/mol. The molecule has 4 rings (SSSR count). The minimum atomic E-state index is -0.184. The van der Waals surface area contributed by atoms with Crippen molar-refractivity contribution in [2.24, 2.45) is 0 Å². The van der Waals surface area contributed by atoms with Gasteiger partial charge in [-0.25, -0.2) is 9.07 Å². The fourth-order valence-electron chi connectivity index (χ4n) is 3.64. The highest BCUT2D eigenvalue weighted by Gasteiger charge is 2.24. The summed E-state index contributed by atoms with van der Waals surface area (Å²) in [5.41, 5.74) is 3.05. The van der Waals surface area contributed by atoms with Crippen molar-refractivity contribution in [1.29, 1.82) is 0 Å². The van der Waals surface area contributed by atoms with Gasteiger partial charge in [0.1, 0.15) is 18.2 Å². The van der Waals surface area contributed by atoms with Gasteiger partial charge in [0, 0.05) is 44.5 Å². The first-order valence-corrected chi connectivity index (χ1v) is 10.7. The Labute approximate surface area is 183 Å². The Morgan fingerprint density at radius 3 is 2.50 bits per heavy atom. The van der Waals surface area contributed by atoms with Gasteiger partial charge in [0.15, 0.2) is 0 Å². The molecule has 1 amide bonds. The third-order valence-electron chi connectivity index (χ3n) is 5.44. The molecule has 9 heteroatoms. The van der Waals surface area contributed by atoms with Crippen molar-refractivity contribution in [2.45, 2.75) is 27.1 Å². The fraction of sp³-hybridized carbons (Fsp3) is 0.381. The molecule has 0 aliphatic carbocycles. The van der Waals surface area contributed by atoms with E-state index in [0.29, 0.717) is 50.6 Å². The second kappa shape index (κ2) is 8.69. The van der Waals surface area contributed by atoms with Crippen LogP contribution in [-0.2, 0) is 13.2 Å². The van der Waals surface area contributed by atoms with E-state index in [0.717, 1.165) is 15.9 Å². The standard InChI is InChI=1S/C21H24BrFN6O/c1-15-20(22)16(2)29(24-15)14-28-8-7-19(25-28)21(30)27-11-9-26(10-12-27)13-17-5-3-4-6-18(17)23/h3-8H,9-14H2,1-2H3. The minimum absolute atomic E-state index is 0.0751. The van der Waals surface area contributed by atoms with Crippen LogP contribution in [0.3, 0.4) is 0 Å². The maximum atomic E-state index is 13.9. The summed E-state index contributed by atoms with van der Waals surface area (Å²) in [6, 6.07) is 8.58. The van der Waals surface area contributed by atoms with Gasteiger partial charge in [0.25, 0.3) is 5.91 Å². The van der Waals surface area contributed by atoms with Gasteiger partial charge in [0.2, 0.25) is 0 Å². The molecule has 0 atom stereocenters. The smallest absolute Gasteiger partial charge is 0.274 e. The highest BCUT2D eigenvalue weighted by Crippen LogP contribution is 2.20. The molecule has 0 saturated carbocycles. The lowest BCUT2D eigenvalue weighted by atomic mass is 10.2. The average molecular weight is 475 g/mol. The van der Waals surface area contributed by atoms with E-state index in [1.54, 1.807) is 29.1 Å². The maximum absolute atomic E-state index is 13.9. The van der Waals surface area contributed by atoms with Crippen LogP contribution in [0.5, 0.6) is 0 Å². The largest absolute Gasteiger partial charge is 0.335 e. The molecule has 1 aliphatic rings. The molecule has 1 fully saturated rings. The number of hydrogen-bond acceptors (Lipinski definition) is 4. The molecule has 3 heterocycles. The number of benzene rings is 1. The van der Waals surface area contributed by atoms with E-state index in [1.165, 1.54) is 6.07 Å². The maximum Gasteiger partial charge on any atom is 0.274 e. The van der Waals surface area contributed by atoms with Crippen LogP contribution in [0, 0.1) is 19.7 Å². The average Bonchev–Trinajstić information content (AvgIpc) is 3.31. The van der Waals surface area contributed by atoms with E-state index in [2.05, 4.69) is 31.0 Å². The second-order valence-corrected chi connectivity index (χ2v) is 8.32. The zero-order chi connectivity index (χ0) is 21.3. The van der Waals surface area contributed by atoms with Crippen molar-refractivity contribution in [3.05, 3.63) is 69.5 Å². The molecular formula is C21H24BrFN6O. The quantitative estimate of drug-likeness (QED) is 0.570. The van der Waals surface area contributed by atoms with Crippen LogP contribution in [0.1, 0.15) is 27.4 Å². The molecule has 0 spiro atoms. The van der Waals surface area contributed by atoms with Gasteiger partial charge in [-0.3, -0.25) is 14.4 Å². The molecule has 7 nitrogen and oxygen atoms in total. The van der Waals surface area contributed by atoms with Gasteiger partial charge in [-0.1, -0.05) is 18.2 Å². The predicted octanol–water partition coefficient (Wildman–Crippen LogP) is 3.06. The highest BCUT2D eigenvalue weighted by atomic mass is 79.9. The van der Waals surface area contributed by atoms with Crippen molar-refractivity contribution >= 4 is 21.8 Å². The number of nitrogens with zero attached hydrogens (tertiary/aromatic N) is 6. The van der Waals surface area contributed by atoms with Crippen molar-refractivity contribution in [2.75, 3.05) is 26.2 Å². The summed E-state index contributed by atoms with van der Waals surface area (Å²) in [5, 5.41) is 8.92. The Hall–Kier alpha value is -2.52. The summed E-state index contributed by atoms with van der Waals surface area (Å²) in [5.74, 6) is -0.259. The Kier molecular flexibility index (Phi) is 6.01. The Morgan fingerprint density at radius 1 is 1.10 bits per heavy atom. The number of carbonyl (C=O) groups is 1. The van der Waals surface area contributed by atoms with Crippen molar-refractivity contribution < 1.29 is 9.18 Å². The van der Waals surface area contributed by atoms with Gasteiger partial charge >= 0.3 is 0 Å². The van der Waals surface area contributed by atoms with Gasteiger partial charge in [-0.05, 0) is 41.9 Å². The molecule has 158 valence electrons. The Balaban J connectivity index is 1.34. The SMILES string of the molecule is Cc1nn(Cn2ccc(C(=O)N3CCN(Cc4ccccc4F)CC3)n2)c(C)c1Br. The summed E-state index contributed by atoms with van der Waals surface area (Å²) >= 11 is 3.52. The molecular weight excluding hydrogens is 451 g/mol. The molecule has 2 aromatic heterocycles. The summed E-state index contributed by atoms with van der Waals surface area (Å²) in [7, 11) is 0. The number of aryl methyl sites for hydroxylation is 1. The van der Waals surface area contributed by atoms with Crippen LogP contribution in [0.2, 0.25) is 0 Å². The van der Waals surface area contributed by atoms with Crippen LogP contribution >= 0.6 is 15.9 Å². The molecule has 1 aromatic carbocycles. The van der Waals surface area contributed by atoms with Gasteiger partial charge in [-0.2, -0.15) is 10.2 Å². The molecule has 3 aromatic rings. The first kappa shape index (κ1) is 20.7. The number of carbonyl (C=O) groups excluding carboxylic acids is 1. The van der Waals surface area contributed by atoms with Crippen molar-refractivity contribution in [3.63, 3.8) is 0 Å². The van der Waals surface area contributed by atoms with E-state index < -0.39 is 0 Å². The summed E-state index contributed by atoms with van der Waals surface area (Å²) in [4.78, 5) is 16.8. The molecule has 30 heavy (non-hydrogen) atoms. The molecule has 0 N–H and O–H groups in total. The molecule has 1 aliphatic heterocycles. The number of amides is 1. The van der Waals surface area contributed by atoms with Crippen LogP contribution in [0.15, 0.2) is 41.0 Å². The lowest BCUT2D eigenvalue weighted by Crippen LogP contribution is -2.48. The van der Waals surface area contributed by atoms with E-state index in [-0.39, 0.29) is 11.7 Å². The third-order valence-corrected chi connectivity index (χ3v) is 6.59. The minimum Gasteiger partial charge on any atom is -0.335 e. The van der Waals surface area contributed by atoms with Crippen LogP contribution in [0.25, 0.3) is 0 Å². The van der Waals surface area contributed by atoms with Crippen LogP contribution < -0.4 is 0 Å². The van der Waals surface area contributed by atoms with E-state index in [1.807, 2.05) is 29.5 Å². The molecule has 1 saturated heterocycles. The molecule has 0 radical (unpaired) electrons. The second-order valence-electron chi connectivity index (χ2n) is 7.53. The summed E-state index contributed by atoms with van der Waals surface area (Å²) in [6.45, 7) is 7.55. The normalized spacial score (nSPS) is 15.0. The van der Waals surface area contributed by atoms with Gasteiger partial charge in [0.05, 0.1) is 15.9 Å². The van der Waals surface area contributed by atoms with Gasteiger partial charge in [-0.15, -0.1) is 0 Å². The van der Waals surface area contributed by atoms with E-state index in [4.69, 9.17) is 0 Å². The predicted molar refractivity (Wildman–Crippen MR) is 115 cm³/mol. The molecule has 0 unspecified atom stereocenters. The first-order chi connectivity index (χ1) is 14.4. The summed E-state index contributed by atoms with van der Waals surface area (Å²) < 4.78 is 18.4. The number of rotatable bonds is 5. The fourth-order valence-corrected chi connectivity index (χ4v) is 3.93.